The molecule has 5 aromatic carbocycles. The molecule has 1 atom stereocenters. The highest BCUT2D eigenvalue weighted by Crippen LogP contribution is 2.46. The Bertz CT molecular complexity index is 1980. The van der Waals surface area contributed by atoms with E-state index in [1.54, 1.807) is 48.5 Å². The van der Waals surface area contributed by atoms with E-state index in [2.05, 4.69) is 10.0 Å². The Balaban J connectivity index is 1.61. The van der Waals surface area contributed by atoms with Crippen LogP contribution < -0.4 is 25.2 Å². The molecule has 12 heteroatoms. The first-order valence-corrected chi connectivity index (χ1v) is 14.9. The van der Waals surface area contributed by atoms with Gasteiger partial charge < -0.3 is 30.7 Å². The van der Waals surface area contributed by atoms with E-state index in [1.165, 1.54) is 37.4 Å². The van der Waals surface area contributed by atoms with Crippen LogP contribution in [0.2, 0.25) is 0 Å². The van der Waals surface area contributed by atoms with Crippen molar-refractivity contribution in [3.63, 3.8) is 0 Å². The first-order valence-electron chi connectivity index (χ1n) is 13.5. The third kappa shape index (κ3) is 6.21. The first kappa shape index (κ1) is 30.1. The van der Waals surface area contributed by atoms with Crippen molar-refractivity contribution in [1.82, 2.24) is 5.32 Å². The van der Waals surface area contributed by atoms with E-state index >= 15 is 0 Å². The molecule has 226 valence electrons. The number of carboxylic acids is 1. The summed E-state index contributed by atoms with van der Waals surface area (Å²) in [7, 11) is -2.59. The summed E-state index contributed by atoms with van der Waals surface area (Å²) in [5.41, 5.74) is 6.26. The number of hydrogen-bond donors (Lipinski definition) is 5. The predicted octanol–water partition coefficient (Wildman–Crippen LogP) is 5.07. The number of benzene rings is 5. The zero-order chi connectivity index (χ0) is 31.4. The molecule has 0 saturated carbocycles. The van der Waals surface area contributed by atoms with Crippen molar-refractivity contribution >= 4 is 49.3 Å². The molecule has 0 saturated heterocycles. The summed E-state index contributed by atoms with van der Waals surface area (Å²) in [6, 6.07) is 23.6. The van der Waals surface area contributed by atoms with Crippen LogP contribution >= 0.6 is 0 Å². The summed E-state index contributed by atoms with van der Waals surface area (Å²) in [6.45, 7) is -0.0479. The number of phenolic OH excluding ortho intramolecular Hbond substituents is 1. The lowest BCUT2D eigenvalue weighted by atomic mass is 9.93. The van der Waals surface area contributed by atoms with E-state index in [9.17, 15) is 23.1 Å². The number of aliphatic carboxylic acids is 1. The maximum atomic E-state index is 13.5. The molecule has 1 amide bonds. The summed E-state index contributed by atoms with van der Waals surface area (Å²) in [6.07, 6.45) is -0.877. The Morgan fingerprint density at radius 3 is 2.25 bits per heavy atom. The number of sulfonamides is 1. The summed E-state index contributed by atoms with van der Waals surface area (Å²) in [4.78, 5) is 23.8. The van der Waals surface area contributed by atoms with Crippen molar-refractivity contribution in [3.8, 4) is 28.4 Å². The van der Waals surface area contributed by atoms with Crippen molar-refractivity contribution in [1.29, 1.82) is 0 Å². The maximum absolute atomic E-state index is 13.5. The highest BCUT2D eigenvalue weighted by molar-refractivity contribution is 7.92. The Labute approximate surface area is 252 Å². The quantitative estimate of drug-likeness (QED) is 0.134. The fraction of sp³-hybridized carbons (Fsp3) is 0.125. The molecule has 0 radical (unpaired) electrons. The summed E-state index contributed by atoms with van der Waals surface area (Å²) in [5.74, 6) is -0.763. The van der Waals surface area contributed by atoms with Gasteiger partial charge in [-0.2, -0.15) is 0 Å². The molecule has 0 aliphatic heterocycles. The standard InChI is InChI=1S/C32H29N3O8S/c1-42-20-11-13-21(14-12-20)44(40,41)35-27-18-25(30(36)24-9-5-4-8-23(24)27)29-22-7-3-2-6-19(22)10-15-28(29)43-32(39)34-17-16-26(33)31(37)38/h2-15,18,26,35-36H,16-17,33H2,1H3,(H,34,39)(H,37,38)/t26-/m0/s1. The fourth-order valence-electron chi connectivity index (χ4n) is 4.80. The van der Waals surface area contributed by atoms with E-state index in [0.29, 0.717) is 27.5 Å². The number of phenols is 1. The zero-order valence-corrected chi connectivity index (χ0v) is 24.3. The van der Waals surface area contributed by atoms with Gasteiger partial charge in [0.15, 0.2) is 0 Å². The second-order valence-corrected chi connectivity index (χ2v) is 11.5. The van der Waals surface area contributed by atoms with Crippen LogP contribution in [-0.4, -0.2) is 50.4 Å². The third-order valence-electron chi connectivity index (χ3n) is 7.03. The molecule has 0 spiro atoms. The van der Waals surface area contributed by atoms with E-state index in [4.69, 9.17) is 20.3 Å². The molecule has 11 nitrogen and oxygen atoms in total. The van der Waals surface area contributed by atoms with Gasteiger partial charge in [-0.05, 0) is 53.6 Å². The number of ether oxygens (including phenoxy) is 2. The minimum absolute atomic E-state index is 0.00507. The summed E-state index contributed by atoms with van der Waals surface area (Å²) < 4.78 is 40.3. The number of rotatable bonds is 10. The lowest BCUT2D eigenvalue weighted by Gasteiger charge is -2.19. The SMILES string of the molecule is COc1ccc(S(=O)(=O)Nc2cc(-c3c(OC(=O)NCC[C@H](N)C(=O)O)ccc4ccccc34)c(O)c3ccccc23)cc1. The highest BCUT2D eigenvalue weighted by atomic mass is 32.2. The number of nitrogens with one attached hydrogen (secondary N) is 2. The molecule has 0 aliphatic carbocycles. The number of aromatic hydroxyl groups is 1. The van der Waals surface area contributed by atoms with Crippen LogP contribution in [0.25, 0.3) is 32.7 Å². The fourth-order valence-corrected chi connectivity index (χ4v) is 5.87. The number of methoxy groups -OCH3 is 1. The van der Waals surface area contributed by atoms with Crippen LogP contribution in [0.4, 0.5) is 10.5 Å². The van der Waals surface area contributed by atoms with Gasteiger partial charge in [0.25, 0.3) is 10.0 Å². The second-order valence-electron chi connectivity index (χ2n) is 9.86. The number of carboxylic acid groups (broad SMARTS) is 1. The minimum atomic E-state index is -4.07. The van der Waals surface area contributed by atoms with Crippen molar-refractivity contribution in [2.45, 2.75) is 17.4 Å². The molecule has 0 heterocycles. The Hall–Kier alpha value is -5.33. The van der Waals surface area contributed by atoms with E-state index < -0.39 is 28.1 Å². The number of fused-ring (bicyclic) bond motifs is 2. The van der Waals surface area contributed by atoms with Gasteiger partial charge in [0.1, 0.15) is 23.3 Å². The molecular weight excluding hydrogens is 586 g/mol. The van der Waals surface area contributed by atoms with Crippen LogP contribution in [0, 0.1) is 0 Å². The van der Waals surface area contributed by atoms with Gasteiger partial charge in [0, 0.05) is 28.4 Å². The molecule has 0 aliphatic rings. The normalized spacial score (nSPS) is 12.0. The molecule has 0 fully saturated rings. The van der Waals surface area contributed by atoms with Gasteiger partial charge in [0.2, 0.25) is 0 Å². The molecule has 6 N–H and O–H groups in total. The Morgan fingerprint density at radius 1 is 0.909 bits per heavy atom. The smallest absolute Gasteiger partial charge is 0.412 e. The van der Waals surface area contributed by atoms with Crippen LogP contribution in [0.3, 0.4) is 0 Å². The highest BCUT2D eigenvalue weighted by Gasteiger charge is 2.23. The predicted molar refractivity (Wildman–Crippen MR) is 167 cm³/mol. The molecule has 5 aromatic rings. The Morgan fingerprint density at radius 2 is 1.57 bits per heavy atom. The average molecular weight is 616 g/mol. The lowest BCUT2D eigenvalue weighted by Crippen LogP contribution is -2.36. The molecule has 0 unspecified atom stereocenters. The average Bonchev–Trinajstić information content (AvgIpc) is 3.02. The van der Waals surface area contributed by atoms with Crippen molar-refractivity contribution in [3.05, 3.63) is 91.0 Å². The van der Waals surface area contributed by atoms with Gasteiger partial charge in [-0.1, -0.05) is 54.6 Å². The largest absolute Gasteiger partial charge is 0.507 e. The second kappa shape index (κ2) is 12.5. The third-order valence-corrected chi connectivity index (χ3v) is 8.42. The van der Waals surface area contributed by atoms with Crippen LogP contribution in [0.15, 0.2) is 95.9 Å². The lowest BCUT2D eigenvalue weighted by molar-refractivity contribution is -0.138. The van der Waals surface area contributed by atoms with Crippen molar-refractivity contribution in [2.75, 3.05) is 18.4 Å². The summed E-state index contributed by atoms with van der Waals surface area (Å²) >= 11 is 0. The number of anilines is 1. The Kier molecular flexibility index (Phi) is 8.56. The van der Waals surface area contributed by atoms with E-state index in [1.807, 2.05) is 12.1 Å². The molecule has 0 aromatic heterocycles. The molecule has 44 heavy (non-hydrogen) atoms. The first-order chi connectivity index (χ1) is 21.1. The topological polar surface area (TPSA) is 177 Å². The monoisotopic (exact) mass is 615 g/mol. The van der Waals surface area contributed by atoms with Gasteiger partial charge in [-0.25, -0.2) is 13.2 Å². The van der Waals surface area contributed by atoms with Gasteiger partial charge in [-0.15, -0.1) is 0 Å². The van der Waals surface area contributed by atoms with Crippen LogP contribution in [-0.2, 0) is 14.8 Å². The van der Waals surface area contributed by atoms with E-state index in [-0.39, 0.29) is 40.6 Å². The summed E-state index contributed by atoms with van der Waals surface area (Å²) in [5, 5.41) is 25.2. The number of nitrogens with two attached hydrogens (primary N) is 1. The van der Waals surface area contributed by atoms with Gasteiger partial charge in [-0.3, -0.25) is 9.52 Å². The van der Waals surface area contributed by atoms with E-state index in [0.717, 1.165) is 5.39 Å². The van der Waals surface area contributed by atoms with Gasteiger partial charge in [0.05, 0.1) is 17.7 Å². The molecular formula is C32H29N3O8S. The maximum Gasteiger partial charge on any atom is 0.412 e. The number of amides is 1. The van der Waals surface area contributed by atoms with Gasteiger partial charge >= 0.3 is 12.1 Å². The molecule has 5 rings (SSSR count). The number of hydrogen-bond acceptors (Lipinski definition) is 8. The van der Waals surface area contributed by atoms with Crippen molar-refractivity contribution in [2.24, 2.45) is 5.73 Å². The number of carbonyl (C=O) groups is 2. The van der Waals surface area contributed by atoms with Crippen LogP contribution in [0.1, 0.15) is 6.42 Å². The number of carbonyl (C=O) groups excluding carboxylic acids is 1. The zero-order valence-electron chi connectivity index (χ0n) is 23.5. The molecule has 0 bridgehead atoms. The van der Waals surface area contributed by atoms with Crippen molar-refractivity contribution < 1.29 is 37.7 Å². The van der Waals surface area contributed by atoms with Crippen LogP contribution in [0.5, 0.6) is 17.2 Å². The minimum Gasteiger partial charge on any atom is -0.507 e.